The van der Waals surface area contributed by atoms with Gasteiger partial charge in [0.15, 0.2) is 0 Å². The molecule has 1 N–H and O–H groups in total. The second-order valence-electron chi connectivity index (χ2n) is 8.45. The first-order valence-corrected chi connectivity index (χ1v) is 10.5. The number of carbonyl (C=O) groups is 1. The molecule has 0 aromatic heterocycles. The predicted molar refractivity (Wildman–Crippen MR) is 106 cm³/mol. The minimum Gasteiger partial charge on any atom is -0.481 e. The van der Waals surface area contributed by atoms with Gasteiger partial charge in [-0.25, -0.2) is 0 Å². The molecule has 0 bridgehead atoms. The summed E-state index contributed by atoms with van der Waals surface area (Å²) in [5.74, 6) is -0.770. The first-order chi connectivity index (χ1) is 11.8. The quantitative estimate of drug-likeness (QED) is 0.269. The molecular formula is C21H44NO3+. The molecule has 0 amide bonds. The summed E-state index contributed by atoms with van der Waals surface area (Å²) in [5.41, 5.74) is 0. The molecule has 4 nitrogen and oxygen atoms in total. The van der Waals surface area contributed by atoms with Crippen molar-refractivity contribution in [3.8, 4) is 0 Å². The van der Waals surface area contributed by atoms with E-state index < -0.39 is 5.97 Å². The molecule has 25 heavy (non-hydrogen) atoms. The van der Waals surface area contributed by atoms with Crippen LogP contribution in [0.4, 0.5) is 0 Å². The molecule has 0 fully saturated rings. The Hall–Kier alpha value is -0.610. The lowest BCUT2D eigenvalue weighted by Gasteiger charge is -2.28. The van der Waals surface area contributed by atoms with Crippen LogP contribution in [-0.4, -0.2) is 56.0 Å². The number of carboxylic acid groups (broad SMARTS) is 1. The fraction of sp³-hybridized carbons (Fsp3) is 0.952. The van der Waals surface area contributed by atoms with Crippen molar-refractivity contribution >= 4 is 5.97 Å². The van der Waals surface area contributed by atoms with Gasteiger partial charge in [-0.05, 0) is 6.42 Å². The van der Waals surface area contributed by atoms with Crippen LogP contribution in [0, 0.1) is 0 Å². The van der Waals surface area contributed by atoms with Gasteiger partial charge in [-0.2, -0.15) is 0 Å². The lowest BCUT2D eigenvalue weighted by Crippen LogP contribution is -2.43. The smallest absolute Gasteiger partial charge is 0.306 e. The van der Waals surface area contributed by atoms with Crippen LogP contribution in [0.25, 0.3) is 0 Å². The minimum absolute atomic E-state index is 0.105. The molecule has 0 saturated carbocycles. The van der Waals surface area contributed by atoms with Crippen LogP contribution in [0.3, 0.4) is 0 Å². The molecule has 0 radical (unpaired) electrons. The minimum atomic E-state index is -0.770. The standard InChI is InChI=1S/C21H43NO3/c1-5-6-7-8-9-10-11-12-13-14-15-16-17-25-20(18-21(23)24)19-22(2,3)4/h20H,5-19H2,1-4H3/p+1. The number of hydrogen-bond donors (Lipinski definition) is 1. The number of likely N-dealkylation sites (N-methyl/N-ethyl adjacent to an activating group) is 1. The van der Waals surface area contributed by atoms with Crippen molar-refractivity contribution in [2.45, 2.75) is 96.5 Å². The van der Waals surface area contributed by atoms with Crippen LogP contribution in [0.2, 0.25) is 0 Å². The van der Waals surface area contributed by atoms with Gasteiger partial charge >= 0.3 is 5.97 Å². The third-order valence-corrected chi connectivity index (χ3v) is 4.51. The Bertz CT molecular complexity index is 313. The summed E-state index contributed by atoms with van der Waals surface area (Å²) < 4.78 is 6.56. The molecule has 1 atom stereocenters. The summed E-state index contributed by atoms with van der Waals surface area (Å²) in [6, 6.07) is 0. The Labute approximate surface area is 156 Å². The zero-order chi connectivity index (χ0) is 19.0. The van der Waals surface area contributed by atoms with Gasteiger partial charge in [0.25, 0.3) is 0 Å². The van der Waals surface area contributed by atoms with Crippen LogP contribution in [0.5, 0.6) is 0 Å². The Morgan fingerprint density at radius 3 is 1.68 bits per heavy atom. The molecule has 0 aromatic carbocycles. The fourth-order valence-electron chi connectivity index (χ4n) is 3.17. The van der Waals surface area contributed by atoms with E-state index in [1.54, 1.807) is 0 Å². The number of quaternary nitrogens is 1. The van der Waals surface area contributed by atoms with E-state index in [0.29, 0.717) is 6.61 Å². The SMILES string of the molecule is CCCCCCCCCCCCCCOC(CC(=O)O)C[N+](C)(C)C. The van der Waals surface area contributed by atoms with Gasteiger partial charge in [-0.15, -0.1) is 0 Å². The van der Waals surface area contributed by atoms with Crippen LogP contribution in [0.15, 0.2) is 0 Å². The third kappa shape index (κ3) is 19.6. The van der Waals surface area contributed by atoms with E-state index in [4.69, 9.17) is 9.84 Å². The summed E-state index contributed by atoms with van der Waals surface area (Å²) in [4.78, 5) is 10.9. The molecule has 0 aromatic rings. The van der Waals surface area contributed by atoms with Gasteiger partial charge in [-0.1, -0.05) is 77.6 Å². The lowest BCUT2D eigenvalue weighted by molar-refractivity contribution is -0.873. The van der Waals surface area contributed by atoms with E-state index in [1.165, 1.54) is 70.6 Å². The Balaban J connectivity index is 3.49. The maximum atomic E-state index is 10.9. The predicted octanol–water partition coefficient (Wildman–Crippen LogP) is 5.25. The number of nitrogens with zero attached hydrogens (tertiary/aromatic N) is 1. The second-order valence-corrected chi connectivity index (χ2v) is 8.45. The van der Waals surface area contributed by atoms with Crippen LogP contribution in [-0.2, 0) is 9.53 Å². The van der Waals surface area contributed by atoms with E-state index >= 15 is 0 Å². The zero-order valence-electron chi connectivity index (χ0n) is 17.4. The Morgan fingerprint density at radius 2 is 1.28 bits per heavy atom. The molecule has 0 saturated heterocycles. The molecule has 0 rings (SSSR count). The van der Waals surface area contributed by atoms with Crippen molar-refractivity contribution in [2.75, 3.05) is 34.3 Å². The van der Waals surface area contributed by atoms with Crippen molar-refractivity contribution in [3.63, 3.8) is 0 Å². The molecule has 1 unspecified atom stereocenters. The van der Waals surface area contributed by atoms with Crippen molar-refractivity contribution in [2.24, 2.45) is 0 Å². The van der Waals surface area contributed by atoms with E-state index in [9.17, 15) is 4.79 Å². The molecule has 0 aliphatic rings. The summed E-state index contributed by atoms with van der Waals surface area (Å²) in [6.45, 7) is 3.70. The molecule has 4 heteroatoms. The van der Waals surface area contributed by atoms with Crippen molar-refractivity contribution in [1.29, 1.82) is 0 Å². The topological polar surface area (TPSA) is 46.5 Å². The number of carboxylic acids is 1. The third-order valence-electron chi connectivity index (χ3n) is 4.51. The average molecular weight is 359 g/mol. The molecule has 0 heterocycles. The zero-order valence-corrected chi connectivity index (χ0v) is 17.4. The summed E-state index contributed by atoms with van der Waals surface area (Å²) in [6.07, 6.45) is 15.9. The highest BCUT2D eigenvalue weighted by atomic mass is 16.5. The lowest BCUT2D eigenvalue weighted by atomic mass is 10.1. The Kier molecular flexibility index (Phi) is 15.2. The summed E-state index contributed by atoms with van der Waals surface area (Å²) in [7, 11) is 6.21. The normalized spacial score (nSPS) is 13.1. The molecule has 0 aliphatic carbocycles. The fourth-order valence-corrected chi connectivity index (χ4v) is 3.17. The number of aliphatic carboxylic acids is 1. The van der Waals surface area contributed by atoms with Crippen LogP contribution in [0.1, 0.15) is 90.4 Å². The highest BCUT2D eigenvalue weighted by molar-refractivity contribution is 5.67. The van der Waals surface area contributed by atoms with Gasteiger partial charge in [0.1, 0.15) is 12.6 Å². The van der Waals surface area contributed by atoms with E-state index in [2.05, 4.69) is 28.1 Å². The number of hydrogen-bond acceptors (Lipinski definition) is 2. The summed E-state index contributed by atoms with van der Waals surface area (Å²) >= 11 is 0. The Morgan fingerprint density at radius 1 is 0.840 bits per heavy atom. The van der Waals surface area contributed by atoms with E-state index in [-0.39, 0.29) is 12.5 Å². The highest BCUT2D eigenvalue weighted by Gasteiger charge is 2.21. The molecular weight excluding hydrogens is 314 g/mol. The monoisotopic (exact) mass is 358 g/mol. The number of unbranched alkanes of at least 4 members (excludes halogenated alkanes) is 11. The summed E-state index contributed by atoms with van der Waals surface area (Å²) in [5, 5.41) is 9.00. The van der Waals surface area contributed by atoms with Crippen LogP contribution < -0.4 is 0 Å². The van der Waals surface area contributed by atoms with Gasteiger partial charge in [-0.3, -0.25) is 4.79 Å². The molecule has 0 aliphatic heterocycles. The maximum Gasteiger partial charge on any atom is 0.306 e. The van der Waals surface area contributed by atoms with Gasteiger partial charge < -0.3 is 14.3 Å². The molecule has 150 valence electrons. The van der Waals surface area contributed by atoms with Crippen LogP contribution >= 0.6 is 0 Å². The van der Waals surface area contributed by atoms with Crippen molar-refractivity contribution in [1.82, 2.24) is 0 Å². The van der Waals surface area contributed by atoms with E-state index in [1.807, 2.05) is 0 Å². The number of rotatable bonds is 18. The highest BCUT2D eigenvalue weighted by Crippen LogP contribution is 2.12. The van der Waals surface area contributed by atoms with Crippen molar-refractivity contribution < 1.29 is 19.1 Å². The first-order valence-electron chi connectivity index (χ1n) is 10.5. The maximum absolute atomic E-state index is 10.9. The average Bonchev–Trinajstić information content (AvgIpc) is 2.49. The van der Waals surface area contributed by atoms with Gasteiger partial charge in [0, 0.05) is 6.61 Å². The molecule has 0 spiro atoms. The number of ether oxygens (including phenoxy) is 1. The van der Waals surface area contributed by atoms with Gasteiger partial charge in [0.05, 0.1) is 27.6 Å². The second kappa shape index (κ2) is 15.6. The van der Waals surface area contributed by atoms with Gasteiger partial charge in [0.2, 0.25) is 0 Å². The first kappa shape index (κ1) is 24.4. The van der Waals surface area contributed by atoms with E-state index in [0.717, 1.165) is 17.4 Å². The largest absolute Gasteiger partial charge is 0.481 e. The van der Waals surface area contributed by atoms with Crippen molar-refractivity contribution in [3.05, 3.63) is 0 Å².